The number of hydrogen-bond donors (Lipinski definition) is 3. The lowest BCUT2D eigenvalue weighted by Crippen LogP contribution is -2.14. The van der Waals surface area contributed by atoms with Crippen LogP contribution in [0.2, 0.25) is 0 Å². The molecule has 0 aliphatic rings. The van der Waals surface area contributed by atoms with E-state index in [1.165, 1.54) is 0 Å². The second-order valence-electron chi connectivity index (χ2n) is 4.28. The lowest BCUT2D eigenvalue weighted by Gasteiger charge is -2.00. The quantitative estimate of drug-likeness (QED) is 0.653. The molecule has 0 bridgehead atoms. The number of benzene rings is 1. The number of aromatic amines is 2. The standard InChI is InChI=1S/C13H15N5/c1-9-12(16-8-15-9)6-14-7-13-17-10-4-2-3-5-11(10)18-13/h2-5,8,14H,6-7H2,1H3,(H,15,16)(H,17,18). The Bertz CT molecular complexity index is 619. The number of H-pyrrole nitrogens is 2. The van der Waals surface area contributed by atoms with E-state index in [4.69, 9.17) is 0 Å². The maximum absolute atomic E-state index is 4.51. The average Bonchev–Trinajstić information content (AvgIpc) is 2.96. The Hall–Kier alpha value is -2.14. The molecule has 1 aromatic carbocycles. The molecule has 0 aliphatic heterocycles. The maximum atomic E-state index is 4.51. The summed E-state index contributed by atoms with van der Waals surface area (Å²) >= 11 is 0. The summed E-state index contributed by atoms with van der Waals surface area (Å²) in [7, 11) is 0. The summed E-state index contributed by atoms with van der Waals surface area (Å²) < 4.78 is 0. The number of para-hydroxylation sites is 2. The van der Waals surface area contributed by atoms with Gasteiger partial charge < -0.3 is 15.3 Å². The number of nitrogens with zero attached hydrogens (tertiary/aromatic N) is 2. The Balaban J connectivity index is 1.65. The van der Waals surface area contributed by atoms with Gasteiger partial charge in [0.2, 0.25) is 0 Å². The Kier molecular flexibility index (Phi) is 2.82. The third-order valence-electron chi connectivity index (χ3n) is 2.96. The SMILES string of the molecule is Cc1[nH]cnc1CNCc1nc2ccccc2[nH]1. The molecular weight excluding hydrogens is 226 g/mol. The predicted molar refractivity (Wildman–Crippen MR) is 70.0 cm³/mol. The molecule has 18 heavy (non-hydrogen) atoms. The molecule has 5 nitrogen and oxygen atoms in total. The van der Waals surface area contributed by atoms with E-state index in [0.717, 1.165) is 34.8 Å². The Morgan fingerprint density at radius 3 is 2.89 bits per heavy atom. The maximum Gasteiger partial charge on any atom is 0.121 e. The van der Waals surface area contributed by atoms with Crippen molar-refractivity contribution in [2.75, 3.05) is 0 Å². The van der Waals surface area contributed by atoms with Crippen LogP contribution in [0.1, 0.15) is 17.2 Å². The largest absolute Gasteiger partial charge is 0.348 e. The number of aromatic nitrogens is 4. The van der Waals surface area contributed by atoms with Gasteiger partial charge in [-0.25, -0.2) is 9.97 Å². The van der Waals surface area contributed by atoms with Gasteiger partial charge >= 0.3 is 0 Å². The topological polar surface area (TPSA) is 69.4 Å². The molecule has 0 radical (unpaired) electrons. The van der Waals surface area contributed by atoms with Crippen molar-refractivity contribution in [1.82, 2.24) is 25.3 Å². The summed E-state index contributed by atoms with van der Waals surface area (Å²) in [5.41, 5.74) is 4.23. The first-order valence-corrected chi connectivity index (χ1v) is 5.96. The molecule has 92 valence electrons. The average molecular weight is 241 g/mol. The van der Waals surface area contributed by atoms with Gasteiger partial charge in [0.15, 0.2) is 0 Å². The smallest absolute Gasteiger partial charge is 0.121 e. The molecule has 2 aromatic heterocycles. The van der Waals surface area contributed by atoms with E-state index in [9.17, 15) is 0 Å². The summed E-state index contributed by atoms with van der Waals surface area (Å²) in [6.07, 6.45) is 1.72. The summed E-state index contributed by atoms with van der Waals surface area (Å²) in [5.74, 6) is 0.949. The monoisotopic (exact) mass is 241 g/mol. The fraction of sp³-hybridized carbons (Fsp3) is 0.231. The molecule has 3 rings (SSSR count). The van der Waals surface area contributed by atoms with Gasteiger partial charge in [0.05, 0.1) is 29.6 Å². The predicted octanol–water partition coefficient (Wildman–Crippen LogP) is 1.88. The highest BCUT2D eigenvalue weighted by molar-refractivity contribution is 5.74. The van der Waals surface area contributed by atoms with Crippen molar-refractivity contribution in [2.45, 2.75) is 20.0 Å². The number of hydrogen-bond acceptors (Lipinski definition) is 3. The van der Waals surface area contributed by atoms with E-state index in [0.29, 0.717) is 6.54 Å². The van der Waals surface area contributed by atoms with Gasteiger partial charge in [-0.2, -0.15) is 0 Å². The molecule has 5 heteroatoms. The number of aryl methyl sites for hydroxylation is 1. The molecule has 0 aliphatic carbocycles. The van der Waals surface area contributed by atoms with Gasteiger partial charge in [-0.1, -0.05) is 12.1 Å². The summed E-state index contributed by atoms with van der Waals surface area (Å²) in [6.45, 7) is 3.47. The normalized spacial score (nSPS) is 11.2. The van der Waals surface area contributed by atoms with E-state index >= 15 is 0 Å². The Labute approximate surface area is 105 Å². The highest BCUT2D eigenvalue weighted by Crippen LogP contribution is 2.10. The molecule has 0 atom stereocenters. The molecule has 3 N–H and O–H groups in total. The van der Waals surface area contributed by atoms with Crippen molar-refractivity contribution in [1.29, 1.82) is 0 Å². The van der Waals surface area contributed by atoms with Gasteiger partial charge in [0, 0.05) is 12.2 Å². The lowest BCUT2D eigenvalue weighted by molar-refractivity contribution is 0.658. The van der Waals surface area contributed by atoms with Crippen molar-refractivity contribution in [3.8, 4) is 0 Å². The minimum absolute atomic E-state index is 0.709. The van der Waals surface area contributed by atoms with Crippen LogP contribution in [0.5, 0.6) is 0 Å². The van der Waals surface area contributed by atoms with Gasteiger partial charge in [-0.05, 0) is 19.1 Å². The van der Waals surface area contributed by atoms with E-state index < -0.39 is 0 Å². The zero-order chi connectivity index (χ0) is 12.4. The first kappa shape index (κ1) is 11.0. The van der Waals surface area contributed by atoms with Crippen LogP contribution in [0.15, 0.2) is 30.6 Å². The molecule has 0 unspecified atom stereocenters. The minimum Gasteiger partial charge on any atom is -0.348 e. The number of nitrogens with one attached hydrogen (secondary N) is 3. The van der Waals surface area contributed by atoms with E-state index in [2.05, 4.69) is 25.3 Å². The van der Waals surface area contributed by atoms with Crippen LogP contribution in [0, 0.1) is 6.92 Å². The van der Waals surface area contributed by atoms with Crippen LogP contribution in [0.3, 0.4) is 0 Å². The van der Waals surface area contributed by atoms with Crippen LogP contribution >= 0.6 is 0 Å². The van der Waals surface area contributed by atoms with Crippen molar-refractivity contribution in [3.05, 3.63) is 47.8 Å². The highest BCUT2D eigenvalue weighted by Gasteiger charge is 2.03. The fourth-order valence-electron chi connectivity index (χ4n) is 1.95. The zero-order valence-corrected chi connectivity index (χ0v) is 10.2. The van der Waals surface area contributed by atoms with Crippen LogP contribution in [0.4, 0.5) is 0 Å². The third-order valence-corrected chi connectivity index (χ3v) is 2.96. The molecule has 0 amide bonds. The van der Waals surface area contributed by atoms with E-state index in [1.54, 1.807) is 6.33 Å². The molecule has 0 saturated carbocycles. The van der Waals surface area contributed by atoms with Crippen molar-refractivity contribution >= 4 is 11.0 Å². The third kappa shape index (κ3) is 2.12. The van der Waals surface area contributed by atoms with Crippen molar-refractivity contribution in [3.63, 3.8) is 0 Å². The van der Waals surface area contributed by atoms with Gasteiger partial charge in [0.1, 0.15) is 5.82 Å². The molecule has 0 fully saturated rings. The first-order chi connectivity index (χ1) is 8.83. The minimum atomic E-state index is 0.709. The van der Waals surface area contributed by atoms with Gasteiger partial charge in [-0.15, -0.1) is 0 Å². The number of fused-ring (bicyclic) bond motifs is 1. The second kappa shape index (κ2) is 4.62. The van der Waals surface area contributed by atoms with Crippen LogP contribution in [0.25, 0.3) is 11.0 Å². The summed E-state index contributed by atoms with van der Waals surface area (Å²) in [4.78, 5) is 15.1. The zero-order valence-electron chi connectivity index (χ0n) is 10.2. The van der Waals surface area contributed by atoms with Gasteiger partial charge in [0.25, 0.3) is 0 Å². The lowest BCUT2D eigenvalue weighted by atomic mass is 10.3. The van der Waals surface area contributed by atoms with Gasteiger partial charge in [-0.3, -0.25) is 0 Å². The van der Waals surface area contributed by atoms with Crippen molar-refractivity contribution < 1.29 is 0 Å². The summed E-state index contributed by atoms with van der Waals surface area (Å²) in [5, 5.41) is 3.33. The molecule has 0 spiro atoms. The van der Waals surface area contributed by atoms with E-state index in [-0.39, 0.29) is 0 Å². The van der Waals surface area contributed by atoms with E-state index in [1.807, 2.05) is 31.2 Å². The Morgan fingerprint density at radius 1 is 1.22 bits per heavy atom. The molecule has 0 saturated heterocycles. The first-order valence-electron chi connectivity index (χ1n) is 5.96. The van der Waals surface area contributed by atoms with Crippen LogP contribution in [-0.2, 0) is 13.1 Å². The Morgan fingerprint density at radius 2 is 2.11 bits per heavy atom. The summed E-state index contributed by atoms with van der Waals surface area (Å²) in [6, 6.07) is 8.04. The van der Waals surface area contributed by atoms with Crippen LogP contribution < -0.4 is 5.32 Å². The number of rotatable bonds is 4. The van der Waals surface area contributed by atoms with Crippen molar-refractivity contribution in [2.24, 2.45) is 0 Å². The molecular formula is C13H15N5. The number of imidazole rings is 2. The second-order valence-corrected chi connectivity index (χ2v) is 4.28. The highest BCUT2D eigenvalue weighted by atomic mass is 15.0. The molecule has 2 heterocycles. The fourth-order valence-corrected chi connectivity index (χ4v) is 1.95. The molecule has 3 aromatic rings. The van der Waals surface area contributed by atoms with Crippen LogP contribution in [-0.4, -0.2) is 19.9 Å².